The van der Waals surface area contributed by atoms with Crippen LogP contribution in [0.3, 0.4) is 0 Å². The molecule has 0 unspecified atom stereocenters. The minimum absolute atomic E-state index is 1.06. The molecule has 1 aliphatic carbocycles. The maximum absolute atomic E-state index is 2.31. The monoisotopic (exact) mass is 188 g/mol. The van der Waals surface area contributed by atoms with E-state index >= 15 is 0 Å². The van der Waals surface area contributed by atoms with Gasteiger partial charge in [-0.05, 0) is 38.5 Å². The van der Waals surface area contributed by atoms with Crippen LogP contribution in [-0.4, -0.2) is 0 Å². The summed E-state index contributed by atoms with van der Waals surface area (Å²) in [5.74, 6) is 0. The average Bonchev–Trinajstić information content (AvgIpc) is 2.22. The number of hydrogen-bond donors (Lipinski definition) is 0. The summed E-state index contributed by atoms with van der Waals surface area (Å²) >= 11 is 0. The highest BCUT2D eigenvalue weighted by atomic mass is 13.9. The van der Waals surface area contributed by atoms with Crippen LogP contribution in [0.2, 0.25) is 0 Å². The van der Waals surface area contributed by atoms with Gasteiger partial charge < -0.3 is 0 Å². The van der Waals surface area contributed by atoms with E-state index in [1.165, 1.54) is 32.1 Å². The zero-order valence-corrected chi connectivity index (χ0v) is 8.86. The molecule has 1 aliphatic rings. The van der Waals surface area contributed by atoms with Gasteiger partial charge in [0.2, 0.25) is 0 Å². The van der Waals surface area contributed by atoms with E-state index in [1.54, 1.807) is 0 Å². The molecule has 0 aromatic heterocycles. The zero-order chi connectivity index (χ0) is 9.90. The van der Waals surface area contributed by atoms with Crippen molar-refractivity contribution in [1.29, 1.82) is 0 Å². The van der Waals surface area contributed by atoms with Crippen LogP contribution in [0.25, 0.3) is 0 Å². The molecule has 0 aromatic carbocycles. The molecule has 0 N–H and O–H groups in total. The summed E-state index contributed by atoms with van der Waals surface area (Å²) in [5.41, 5.74) is 0. The highest BCUT2D eigenvalue weighted by Crippen LogP contribution is 2.02. The lowest BCUT2D eigenvalue weighted by atomic mass is 10.2. The molecule has 0 radical (unpaired) electrons. The average molecular weight is 188 g/mol. The van der Waals surface area contributed by atoms with Gasteiger partial charge >= 0.3 is 0 Å². The molecule has 0 saturated heterocycles. The van der Waals surface area contributed by atoms with Crippen LogP contribution in [0.4, 0.5) is 0 Å². The predicted molar refractivity (Wildman–Crippen MR) is 64.3 cm³/mol. The fourth-order valence-electron chi connectivity index (χ4n) is 1.41. The summed E-state index contributed by atoms with van der Waals surface area (Å²) in [6.45, 7) is 0. The molecule has 0 heterocycles. The smallest absolute Gasteiger partial charge is 0.0166 e. The number of hydrogen-bond acceptors (Lipinski definition) is 0. The van der Waals surface area contributed by atoms with E-state index in [0.717, 1.165) is 6.42 Å². The highest BCUT2D eigenvalue weighted by Gasteiger charge is 1.81. The normalized spacial score (nSPS) is 21.7. The number of rotatable bonds is 0. The van der Waals surface area contributed by atoms with Crippen LogP contribution in [0.5, 0.6) is 0 Å². The van der Waals surface area contributed by atoms with Crippen molar-refractivity contribution in [1.82, 2.24) is 0 Å². The summed E-state index contributed by atoms with van der Waals surface area (Å²) < 4.78 is 0. The molecule has 0 atom stereocenters. The van der Waals surface area contributed by atoms with E-state index in [9.17, 15) is 0 Å². The molecule has 0 amide bonds. The Hall–Kier alpha value is -1.04. The summed E-state index contributed by atoms with van der Waals surface area (Å²) in [4.78, 5) is 0. The Morgan fingerprint density at radius 3 is 2.07 bits per heavy atom. The highest BCUT2D eigenvalue weighted by molar-refractivity contribution is 5.05. The molecular weight excluding hydrogens is 168 g/mol. The molecule has 0 bridgehead atoms. The van der Waals surface area contributed by atoms with Crippen molar-refractivity contribution in [3.63, 3.8) is 0 Å². The van der Waals surface area contributed by atoms with Gasteiger partial charge in [0.25, 0.3) is 0 Å². The molecule has 76 valence electrons. The first-order valence-electron chi connectivity index (χ1n) is 5.62. The molecule has 1 rings (SSSR count). The van der Waals surface area contributed by atoms with Gasteiger partial charge in [0, 0.05) is 0 Å². The zero-order valence-electron chi connectivity index (χ0n) is 8.86. The minimum atomic E-state index is 1.06. The van der Waals surface area contributed by atoms with Gasteiger partial charge in [0.05, 0.1) is 0 Å². The van der Waals surface area contributed by atoms with E-state index in [0.29, 0.717) is 0 Å². The van der Waals surface area contributed by atoms with Crippen molar-refractivity contribution in [2.45, 2.75) is 38.5 Å². The molecule has 0 heteroatoms. The Kier molecular flexibility index (Phi) is 6.74. The van der Waals surface area contributed by atoms with Crippen molar-refractivity contribution in [2.75, 3.05) is 0 Å². The lowest BCUT2D eigenvalue weighted by Crippen LogP contribution is -1.71. The van der Waals surface area contributed by atoms with Gasteiger partial charge in [-0.1, -0.05) is 48.6 Å². The first-order chi connectivity index (χ1) is 7.00. The summed E-state index contributed by atoms with van der Waals surface area (Å²) in [6.07, 6.45) is 25.0. The minimum Gasteiger partial charge on any atom is -0.0885 e. The van der Waals surface area contributed by atoms with E-state index in [-0.39, 0.29) is 0 Å². The fraction of sp³-hybridized carbons (Fsp3) is 0.429. The van der Waals surface area contributed by atoms with E-state index in [4.69, 9.17) is 0 Å². The van der Waals surface area contributed by atoms with Crippen LogP contribution >= 0.6 is 0 Å². The van der Waals surface area contributed by atoms with Crippen LogP contribution in [-0.2, 0) is 0 Å². The maximum atomic E-state index is 2.31. The van der Waals surface area contributed by atoms with Crippen molar-refractivity contribution in [3.8, 4) is 0 Å². The Morgan fingerprint density at radius 2 is 1.14 bits per heavy atom. The van der Waals surface area contributed by atoms with Crippen molar-refractivity contribution in [2.24, 2.45) is 0 Å². The predicted octanol–water partition coefficient (Wildman–Crippen LogP) is 4.57. The van der Waals surface area contributed by atoms with Crippen molar-refractivity contribution < 1.29 is 0 Å². The molecule has 0 saturated carbocycles. The molecule has 0 aliphatic heterocycles. The van der Waals surface area contributed by atoms with Gasteiger partial charge in [-0.25, -0.2) is 0 Å². The first kappa shape index (κ1) is 11.0. The van der Waals surface area contributed by atoms with Crippen LogP contribution < -0.4 is 0 Å². The molecular formula is C14H20. The molecule has 0 nitrogen and oxygen atoms in total. The topological polar surface area (TPSA) is 0 Å². The summed E-state index contributed by atoms with van der Waals surface area (Å²) in [7, 11) is 0. The quantitative estimate of drug-likeness (QED) is 0.489. The Balaban J connectivity index is 2.34. The van der Waals surface area contributed by atoms with Crippen LogP contribution in [0, 0.1) is 0 Å². The fourth-order valence-corrected chi connectivity index (χ4v) is 1.41. The van der Waals surface area contributed by atoms with E-state index in [2.05, 4.69) is 48.6 Å². The lowest BCUT2D eigenvalue weighted by Gasteiger charge is -1.91. The lowest BCUT2D eigenvalue weighted by molar-refractivity contribution is 0.862. The Bertz CT molecular complexity index is 228. The van der Waals surface area contributed by atoms with E-state index in [1.807, 2.05) is 0 Å². The third-order valence-electron chi connectivity index (χ3n) is 2.23. The van der Waals surface area contributed by atoms with Crippen LogP contribution in [0.1, 0.15) is 38.5 Å². The van der Waals surface area contributed by atoms with Gasteiger partial charge in [0.15, 0.2) is 0 Å². The third-order valence-corrected chi connectivity index (χ3v) is 2.23. The Labute approximate surface area is 87.7 Å². The Morgan fingerprint density at radius 1 is 0.500 bits per heavy atom. The molecule has 0 aromatic rings. The van der Waals surface area contributed by atoms with Gasteiger partial charge in [-0.15, -0.1) is 0 Å². The van der Waals surface area contributed by atoms with Gasteiger partial charge in [0.1, 0.15) is 0 Å². The second-order valence-electron chi connectivity index (χ2n) is 3.54. The summed E-state index contributed by atoms with van der Waals surface area (Å²) in [5, 5.41) is 0. The van der Waals surface area contributed by atoms with Gasteiger partial charge in [-0.2, -0.15) is 0 Å². The second kappa shape index (κ2) is 8.55. The SMILES string of the molecule is C1=CCCCC=CCCC=CC/C=C/1. The summed E-state index contributed by atoms with van der Waals surface area (Å²) in [6, 6.07) is 0. The van der Waals surface area contributed by atoms with Gasteiger partial charge in [-0.3, -0.25) is 0 Å². The molecule has 14 heavy (non-hydrogen) atoms. The standard InChI is InChI=1S/C14H20/c1-2-4-6-8-10-12-14-13-11-9-7-5-3-1/h1-4,7,9,12,14H,5-6,8,10-11,13H2/b3-1+,4-2?,9-7?,14-12?. The molecule has 0 fully saturated rings. The maximum Gasteiger partial charge on any atom is -0.0166 e. The first-order valence-corrected chi connectivity index (χ1v) is 5.62. The molecule has 0 spiro atoms. The number of allylic oxidation sites excluding steroid dienone is 8. The van der Waals surface area contributed by atoms with Crippen LogP contribution in [0.15, 0.2) is 48.6 Å². The van der Waals surface area contributed by atoms with E-state index < -0.39 is 0 Å². The third kappa shape index (κ3) is 6.47. The largest absolute Gasteiger partial charge is 0.0885 e. The van der Waals surface area contributed by atoms with Crippen molar-refractivity contribution >= 4 is 0 Å². The van der Waals surface area contributed by atoms with Crippen molar-refractivity contribution in [3.05, 3.63) is 48.6 Å². The second-order valence-corrected chi connectivity index (χ2v) is 3.54.